The molecule has 0 spiro atoms. The second-order valence-corrected chi connectivity index (χ2v) is 10.8. The predicted molar refractivity (Wildman–Crippen MR) is 146 cm³/mol. The number of rotatable bonds is 6. The molecule has 0 N–H and O–H groups in total. The van der Waals surface area contributed by atoms with Crippen molar-refractivity contribution in [3.05, 3.63) is 90.7 Å². The average molecular weight is 626 g/mol. The molecule has 0 bridgehead atoms. The van der Waals surface area contributed by atoms with Gasteiger partial charge in [-0.25, -0.2) is 0 Å². The molecule has 1 heterocycles. The van der Waals surface area contributed by atoms with Crippen LogP contribution in [0.5, 0.6) is 11.5 Å². The van der Waals surface area contributed by atoms with Crippen molar-refractivity contribution in [2.75, 3.05) is 12.0 Å². The third-order valence-electron chi connectivity index (χ3n) is 4.76. The fraction of sp³-hybridized carbons (Fsp3) is 0.0833. The molecule has 3 aromatic carbocycles. The van der Waals surface area contributed by atoms with Crippen LogP contribution in [0, 0.1) is 0 Å². The van der Waals surface area contributed by atoms with E-state index in [2.05, 4.69) is 31.9 Å². The number of halogens is 3. The van der Waals surface area contributed by atoms with Crippen LogP contribution in [0.3, 0.4) is 0 Å². The van der Waals surface area contributed by atoms with Crippen LogP contribution in [0.15, 0.2) is 74.5 Å². The molecule has 0 aromatic heterocycles. The fourth-order valence-corrected chi connectivity index (χ4v) is 5.49. The standard InChI is InChI=1S/C24H16Br2ClNO3S2/c1-30-20-11-14(10-18(26)22(20)31-13-15-4-2-3-5-19(15)27)12-21-23(29)28(24(32)33-21)17-8-6-16(25)7-9-17/h2-12H,13H2,1H3/b21-12+. The van der Waals surface area contributed by atoms with Crippen LogP contribution >= 0.6 is 67.4 Å². The number of carbonyl (C=O) groups is 1. The van der Waals surface area contributed by atoms with Gasteiger partial charge in [0.2, 0.25) is 0 Å². The predicted octanol–water partition coefficient (Wildman–Crippen LogP) is 7.86. The van der Waals surface area contributed by atoms with Crippen molar-refractivity contribution in [1.29, 1.82) is 0 Å². The van der Waals surface area contributed by atoms with E-state index in [1.807, 2.05) is 60.7 Å². The van der Waals surface area contributed by atoms with Crippen molar-refractivity contribution < 1.29 is 14.3 Å². The van der Waals surface area contributed by atoms with E-state index in [9.17, 15) is 4.79 Å². The molecule has 1 aliphatic rings. The Morgan fingerprint density at radius 2 is 1.85 bits per heavy atom. The number of carbonyl (C=O) groups excluding carboxylic acids is 1. The zero-order valence-corrected chi connectivity index (χ0v) is 22.7. The molecule has 4 rings (SSSR count). The van der Waals surface area contributed by atoms with Crippen LogP contribution in [0.25, 0.3) is 6.08 Å². The van der Waals surface area contributed by atoms with Gasteiger partial charge in [-0.2, -0.15) is 0 Å². The van der Waals surface area contributed by atoms with E-state index in [1.165, 1.54) is 16.7 Å². The lowest BCUT2D eigenvalue weighted by Crippen LogP contribution is -2.27. The first kappa shape index (κ1) is 24.3. The number of hydrogen-bond acceptors (Lipinski definition) is 5. The minimum atomic E-state index is -0.165. The maximum Gasteiger partial charge on any atom is 0.270 e. The topological polar surface area (TPSA) is 38.8 Å². The summed E-state index contributed by atoms with van der Waals surface area (Å²) in [6.07, 6.45) is 1.79. The van der Waals surface area contributed by atoms with E-state index >= 15 is 0 Å². The number of nitrogens with zero attached hydrogens (tertiary/aromatic N) is 1. The van der Waals surface area contributed by atoms with Gasteiger partial charge in [0.25, 0.3) is 5.91 Å². The lowest BCUT2D eigenvalue weighted by Gasteiger charge is -2.15. The first-order valence-electron chi connectivity index (χ1n) is 9.64. The van der Waals surface area contributed by atoms with E-state index in [4.69, 9.17) is 33.3 Å². The Hall–Kier alpha value is -1.84. The normalized spacial score (nSPS) is 14.8. The van der Waals surface area contributed by atoms with Crippen molar-refractivity contribution in [2.24, 2.45) is 0 Å². The maximum atomic E-state index is 13.1. The number of anilines is 1. The number of methoxy groups -OCH3 is 1. The van der Waals surface area contributed by atoms with Gasteiger partial charge >= 0.3 is 0 Å². The quantitative estimate of drug-likeness (QED) is 0.206. The van der Waals surface area contributed by atoms with Gasteiger partial charge in [0.1, 0.15) is 6.61 Å². The molecule has 3 aromatic rings. The molecule has 1 saturated heterocycles. The molecule has 1 fully saturated rings. The Labute approximate surface area is 223 Å². The summed E-state index contributed by atoms with van der Waals surface area (Å²) >= 11 is 19.9. The van der Waals surface area contributed by atoms with Crippen LogP contribution in [0.4, 0.5) is 5.69 Å². The highest BCUT2D eigenvalue weighted by molar-refractivity contribution is 9.10. The van der Waals surface area contributed by atoms with Crippen LogP contribution in [0.2, 0.25) is 5.02 Å². The largest absolute Gasteiger partial charge is 0.493 e. The lowest BCUT2D eigenvalue weighted by molar-refractivity contribution is -0.113. The molecular formula is C24H16Br2ClNO3S2. The number of hydrogen-bond donors (Lipinski definition) is 0. The Bertz CT molecular complexity index is 1270. The van der Waals surface area contributed by atoms with Gasteiger partial charge in [0.15, 0.2) is 15.8 Å². The van der Waals surface area contributed by atoms with Gasteiger partial charge < -0.3 is 9.47 Å². The van der Waals surface area contributed by atoms with E-state index in [0.29, 0.717) is 36.8 Å². The minimum Gasteiger partial charge on any atom is -0.493 e. The second kappa shape index (κ2) is 10.6. The minimum absolute atomic E-state index is 0.165. The summed E-state index contributed by atoms with van der Waals surface area (Å²) in [6.45, 7) is 0.291. The average Bonchev–Trinajstić information content (AvgIpc) is 3.07. The van der Waals surface area contributed by atoms with E-state index in [1.54, 1.807) is 13.2 Å². The Kier molecular flexibility index (Phi) is 7.81. The van der Waals surface area contributed by atoms with Gasteiger partial charge in [-0.15, -0.1) is 0 Å². The molecule has 1 amide bonds. The first-order chi connectivity index (χ1) is 15.9. The zero-order chi connectivity index (χ0) is 23.5. The molecule has 0 saturated carbocycles. The maximum absolute atomic E-state index is 13.1. The van der Waals surface area contributed by atoms with Crippen molar-refractivity contribution >= 4 is 89.4 Å². The molecule has 0 radical (unpaired) electrons. The zero-order valence-electron chi connectivity index (χ0n) is 17.2. The van der Waals surface area contributed by atoms with Crippen LogP contribution in [-0.4, -0.2) is 17.3 Å². The third kappa shape index (κ3) is 5.46. The van der Waals surface area contributed by atoms with Gasteiger partial charge in [-0.05, 0) is 70.0 Å². The van der Waals surface area contributed by atoms with Crippen LogP contribution in [-0.2, 0) is 11.4 Å². The third-order valence-corrected chi connectivity index (χ3v) is 7.55. The summed E-state index contributed by atoms with van der Waals surface area (Å²) in [6, 6.07) is 18.6. The first-order valence-corrected chi connectivity index (χ1v) is 12.8. The smallest absolute Gasteiger partial charge is 0.270 e. The van der Waals surface area contributed by atoms with Gasteiger partial charge in [-0.3, -0.25) is 9.69 Å². The highest BCUT2D eigenvalue weighted by Crippen LogP contribution is 2.40. The summed E-state index contributed by atoms with van der Waals surface area (Å²) in [5.41, 5.74) is 2.38. The molecule has 0 unspecified atom stereocenters. The summed E-state index contributed by atoms with van der Waals surface area (Å²) in [5.74, 6) is 0.921. The SMILES string of the molecule is COc1cc(/C=C2/SC(=S)N(c3ccc(Br)cc3)C2=O)cc(Br)c1OCc1ccccc1Cl. The van der Waals surface area contributed by atoms with Crippen molar-refractivity contribution in [3.63, 3.8) is 0 Å². The summed E-state index contributed by atoms with van der Waals surface area (Å²) in [7, 11) is 1.57. The van der Waals surface area contributed by atoms with E-state index in [0.717, 1.165) is 21.3 Å². The number of benzene rings is 3. The van der Waals surface area contributed by atoms with Crippen molar-refractivity contribution in [2.45, 2.75) is 6.61 Å². The van der Waals surface area contributed by atoms with Crippen LogP contribution in [0.1, 0.15) is 11.1 Å². The Balaban J connectivity index is 1.58. The number of thioether (sulfide) groups is 1. The summed E-state index contributed by atoms with van der Waals surface area (Å²) < 4.78 is 13.7. The summed E-state index contributed by atoms with van der Waals surface area (Å²) in [4.78, 5) is 15.1. The second-order valence-electron chi connectivity index (χ2n) is 6.91. The van der Waals surface area contributed by atoms with Crippen molar-refractivity contribution in [1.82, 2.24) is 0 Å². The van der Waals surface area contributed by atoms with Gasteiger partial charge in [-0.1, -0.05) is 69.7 Å². The van der Waals surface area contributed by atoms with Gasteiger partial charge in [0, 0.05) is 15.1 Å². The number of ether oxygens (including phenoxy) is 2. The number of thiocarbonyl (C=S) groups is 1. The van der Waals surface area contributed by atoms with E-state index < -0.39 is 0 Å². The Morgan fingerprint density at radius 3 is 2.55 bits per heavy atom. The molecule has 4 nitrogen and oxygen atoms in total. The molecule has 1 aliphatic heterocycles. The molecular weight excluding hydrogens is 610 g/mol. The molecule has 33 heavy (non-hydrogen) atoms. The van der Waals surface area contributed by atoms with Crippen molar-refractivity contribution in [3.8, 4) is 11.5 Å². The van der Waals surface area contributed by atoms with E-state index in [-0.39, 0.29) is 5.91 Å². The highest BCUT2D eigenvalue weighted by Gasteiger charge is 2.33. The monoisotopic (exact) mass is 623 g/mol. The Morgan fingerprint density at radius 1 is 1.12 bits per heavy atom. The number of amides is 1. The molecule has 0 aliphatic carbocycles. The lowest BCUT2D eigenvalue weighted by atomic mass is 10.1. The van der Waals surface area contributed by atoms with Gasteiger partial charge in [0.05, 0.1) is 22.2 Å². The highest BCUT2D eigenvalue weighted by atomic mass is 79.9. The van der Waals surface area contributed by atoms with Crippen LogP contribution < -0.4 is 14.4 Å². The molecule has 0 atom stereocenters. The molecule has 9 heteroatoms. The molecule has 168 valence electrons. The fourth-order valence-electron chi connectivity index (χ4n) is 3.16. The summed E-state index contributed by atoms with van der Waals surface area (Å²) in [5, 5.41) is 0.636.